The normalized spacial score (nSPS) is 21.0. The maximum Gasteiger partial charge on any atom is 0.107 e. The van der Waals surface area contributed by atoms with Gasteiger partial charge >= 0.3 is 0 Å². The second-order valence-electron chi connectivity index (χ2n) is 2.61. The van der Waals surface area contributed by atoms with Gasteiger partial charge in [0.05, 0.1) is 19.3 Å². The topological polar surface area (TPSA) is 12.5 Å². The van der Waals surface area contributed by atoms with Crippen LogP contribution in [-0.2, 0) is 4.74 Å². The molecule has 0 amide bonds. The quantitative estimate of drug-likeness (QED) is 0.608. The molecular weight excluding hydrogens is 152 g/mol. The highest BCUT2D eigenvalue weighted by Gasteiger charge is 2.20. The van der Waals surface area contributed by atoms with Crippen molar-refractivity contribution in [1.82, 2.24) is 4.90 Å². The smallest absolute Gasteiger partial charge is 0.107 e. The third-order valence-electron chi connectivity index (χ3n) is 1.92. The van der Waals surface area contributed by atoms with Gasteiger partial charge in [-0.2, -0.15) is 0 Å². The molecule has 1 saturated heterocycles. The van der Waals surface area contributed by atoms with Gasteiger partial charge in [0.15, 0.2) is 0 Å². The molecule has 0 aromatic carbocycles. The number of nitrogens with zero attached hydrogens (tertiary/aromatic N) is 1. The number of alkyl halides is 2. The van der Waals surface area contributed by atoms with Crippen LogP contribution >= 0.6 is 0 Å². The zero-order valence-corrected chi connectivity index (χ0v) is 6.43. The molecule has 0 bridgehead atoms. The molecule has 0 N–H and O–H groups in total. The fraction of sp³-hybridized carbons (Fsp3) is 1.00. The number of morpholine rings is 1. The minimum Gasteiger partial charge on any atom is -0.379 e. The Bertz CT molecular complexity index is 103. The Hall–Kier alpha value is -0.220. The van der Waals surface area contributed by atoms with Crippen molar-refractivity contribution in [1.29, 1.82) is 0 Å². The van der Waals surface area contributed by atoms with Crippen LogP contribution in [0.25, 0.3) is 0 Å². The summed E-state index contributed by atoms with van der Waals surface area (Å²) in [5, 5.41) is 0. The first-order valence-corrected chi connectivity index (χ1v) is 3.82. The van der Waals surface area contributed by atoms with Crippen LogP contribution in [0, 0.1) is 0 Å². The SMILES string of the molecule is FCC(CF)N1CCOCC1. The van der Waals surface area contributed by atoms with Crippen molar-refractivity contribution in [3.8, 4) is 0 Å². The number of halogens is 2. The van der Waals surface area contributed by atoms with E-state index in [0.717, 1.165) is 0 Å². The van der Waals surface area contributed by atoms with Crippen LogP contribution in [0.2, 0.25) is 0 Å². The molecule has 0 unspecified atom stereocenters. The van der Waals surface area contributed by atoms with Gasteiger partial charge in [-0.25, -0.2) is 8.78 Å². The number of hydrogen-bond donors (Lipinski definition) is 0. The fourth-order valence-corrected chi connectivity index (χ4v) is 1.18. The van der Waals surface area contributed by atoms with Gasteiger partial charge in [0.25, 0.3) is 0 Å². The lowest BCUT2D eigenvalue weighted by molar-refractivity contribution is 0.00583. The number of rotatable bonds is 3. The van der Waals surface area contributed by atoms with Crippen LogP contribution < -0.4 is 0 Å². The molecule has 1 rings (SSSR count). The first-order valence-electron chi connectivity index (χ1n) is 3.82. The Kier molecular flexibility index (Phi) is 3.72. The van der Waals surface area contributed by atoms with E-state index in [2.05, 4.69) is 0 Å². The Balaban J connectivity index is 2.30. The van der Waals surface area contributed by atoms with Gasteiger partial charge < -0.3 is 4.74 Å². The van der Waals surface area contributed by atoms with E-state index < -0.39 is 19.4 Å². The molecule has 0 saturated carbocycles. The minimum absolute atomic E-state index is 0.543. The van der Waals surface area contributed by atoms with E-state index >= 15 is 0 Å². The highest BCUT2D eigenvalue weighted by Crippen LogP contribution is 2.04. The Morgan fingerprint density at radius 3 is 2.18 bits per heavy atom. The molecule has 4 heteroatoms. The Morgan fingerprint density at radius 2 is 1.73 bits per heavy atom. The first kappa shape index (κ1) is 8.87. The largest absolute Gasteiger partial charge is 0.379 e. The van der Waals surface area contributed by atoms with Crippen molar-refractivity contribution >= 4 is 0 Å². The molecule has 0 aromatic rings. The molecule has 1 heterocycles. The summed E-state index contributed by atoms with van der Waals surface area (Å²) in [4.78, 5) is 1.80. The van der Waals surface area contributed by atoms with Crippen LogP contribution in [0.15, 0.2) is 0 Å². The molecule has 66 valence electrons. The van der Waals surface area contributed by atoms with Gasteiger partial charge in [-0.05, 0) is 0 Å². The monoisotopic (exact) mass is 165 g/mol. The van der Waals surface area contributed by atoms with E-state index in [4.69, 9.17) is 4.74 Å². The standard InChI is InChI=1S/C7H13F2NO/c8-5-7(6-9)10-1-3-11-4-2-10/h7H,1-6H2. The fourth-order valence-electron chi connectivity index (χ4n) is 1.18. The Morgan fingerprint density at radius 1 is 1.18 bits per heavy atom. The zero-order valence-electron chi connectivity index (χ0n) is 6.43. The van der Waals surface area contributed by atoms with Crippen LogP contribution in [-0.4, -0.2) is 50.6 Å². The van der Waals surface area contributed by atoms with Crippen LogP contribution in [0.3, 0.4) is 0 Å². The summed E-state index contributed by atoms with van der Waals surface area (Å²) in [6.45, 7) is 1.29. The molecule has 0 spiro atoms. The molecule has 0 aromatic heterocycles. The molecule has 1 aliphatic rings. The lowest BCUT2D eigenvalue weighted by Gasteiger charge is -2.31. The summed E-state index contributed by atoms with van der Waals surface area (Å²) >= 11 is 0. The van der Waals surface area contributed by atoms with Crippen molar-refractivity contribution < 1.29 is 13.5 Å². The van der Waals surface area contributed by atoms with Gasteiger partial charge in [0.1, 0.15) is 13.3 Å². The van der Waals surface area contributed by atoms with Crippen molar-refractivity contribution in [2.24, 2.45) is 0 Å². The predicted molar refractivity (Wildman–Crippen MR) is 38.1 cm³/mol. The van der Waals surface area contributed by atoms with Gasteiger partial charge in [-0.3, -0.25) is 4.90 Å². The zero-order chi connectivity index (χ0) is 8.10. The highest BCUT2D eigenvalue weighted by molar-refractivity contribution is 4.72. The van der Waals surface area contributed by atoms with Crippen molar-refractivity contribution in [3.63, 3.8) is 0 Å². The summed E-state index contributed by atoms with van der Waals surface area (Å²) in [7, 11) is 0. The summed E-state index contributed by atoms with van der Waals surface area (Å²) in [5.41, 5.74) is 0. The van der Waals surface area contributed by atoms with Gasteiger partial charge in [0.2, 0.25) is 0 Å². The Labute approximate surface area is 65.1 Å². The number of ether oxygens (including phenoxy) is 1. The van der Waals surface area contributed by atoms with E-state index in [1.165, 1.54) is 0 Å². The molecule has 0 radical (unpaired) electrons. The summed E-state index contributed by atoms with van der Waals surface area (Å²) in [6, 6.07) is -0.543. The maximum atomic E-state index is 12.1. The average Bonchev–Trinajstić information content (AvgIpc) is 2.09. The van der Waals surface area contributed by atoms with E-state index in [-0.39, 0.29) is 0 Å². The molecule has 2 nitrogen and oxygen atoms in total. The van der Waals surface area contributed by atoms with Gasteiger partial charge in [-0.1, -0.05) is 0 Å². The van der Waals surface area contributed by atoms with E-state index in [9.17, 15) is 8.78 Å². The second-order valence-corrected chi connectivity index (χ2v) is 2.61. The third-order valence-corrected chi connectivity index (χ3v) is 1.92. The minimum atomic E-state index is -0.601. The lowest BCUT2D eigenvalue weighted by atomic mass is 10.3. The third kappa shape index (κ3) is 2.38. The average molecular weight is 165 g/mol. The first-order chi connectivity index (χ1) is 5.38. The van der Waals surface area contributed by atoms with Crippen LogP contribution in [0.5, 0.6) is 0 Å². The summed E-state index contributed by atoms with van der Waals surface area (Å²) < 4.78 is 29.3. The number of hydrogen-bond acceptors (Lipinski definition) is 2. The maximum absolute atomic E-state index is 12.1. The van der Waals surface area contributed by atoms with E-state index in [1.807, 2.05) is 0 Å². The van der Waals surface area contributed by atoms with Crippen LogP contribution in [0.4, 0.5) is 8.78 Å². The van der Waals surface area contributed by atoms with Crippen LogP contribution in [0.1, 0.15) is 0 Å². The molecule has 11 heavy (non-hydrogen) atoms. The molecule has 1 aliphatic heterocycles. The summed E-state index contributed by atoms with van der Waals surface area (Å²) in [6.07, 6.45) is 0. The van der Waals surface area contributed by atoms with Gasteiger partial charge in [0, 0.05) is 13.1 Å². The van der Waals surface area contributed by atoms with Gasteiger partial charge in [-0.15, -0.1) is 0 Å². The predicted octanol–water partition coefficient (Wildman–Crippen LogP) is 0.626. The summed E-state index contributed by atoms with van der Waals surface area (Å²) in [5.74, 6) is 0. The van der Waals surface area contributed by atoms with Crippen molar-refractivity contribution in [2.75, 3.05) is 39.7 Å². The van der Waals surface area contributed by atoms with E-state index in [1.54, 1.807) is 4.90 Å². The lowest BCUT2D eigenvalue weighted by Crippen LogP contribution is -2.45. The molecule has 1 fully saturated rings. The van der Waals surface area contributed by atoms with Crippen molar-refractivity contribution in [3.05, 3.63) is 0 Å². The van der Waals surface area contributed by atoms with Crippen molar-refractivity contribution in [2.45, 2.75) is 6.04 Å². The molecule has 0 atom stereocenters. The molecular formula is C7H13F2NO. The van der Waals surface area contributed by atoms with E-state index in [0.29, 0.717) is 26.3 Å². The molecule has 0 aliphatic carbocycles. The second kappa shape index (κ2) is 4.62. The highest BCUT2D eigenvalue weighted by atomic mass is 19.1.